The molecule has 0 saturated heterocycles. The molecule has 1 unspecified atom stereocenters. The molecule has 140 valence electrons. The van der Waals surface area contributed by atoms with Crippen molar-refractivity contribution in [2.24, 2.45) is 0 Å². The Bertz CT molecular complexity index is 337. The smallest absolute Gasteiger partial charge is 0.305 e. The van der Waals surface area contributed by atoms with Crippen molar-refractivity contribution in [3.8, 4) is 0 Å². The number of hydrogen-bond donors (Lipinski definition) is 2. The van der Waals surface area contributed by atoms with E-state index in [1.54, 1.807) is 0 Å². The highest BCUT2D eigenvalue weighted by Crippen LogP contribution is 2.11. The van der Waals surface area contributed by atoms with Crippen molar-refractivity contribution in [3.05, 3.63) is 24.3 Å². The maximum absolute atomic E-state index is 11.4. The number of unbranched alkanes of at least 4 members (excludes halogenated alkanes) is 8. The fourth-order valence-corrected chi connectivity index (χ4v) is 2.33. The monoisotopic (exact) mass is 340 g/mol. The Morgan fingerprint density at radius 3 is 2.21 bits per heavy atom. The molecule has 4 nitrogen and oxygen atoms in total. The van der Waals surface area contributed by atoms with Crippen LogP contribution in [-0.2, 0) is 9.53 Å². The Morgan fingerprint density at radius 1 is 0.958 bits per heavy atom. The predicted molar refractivity (Wildman–Crippen MR) is 98.8 cm³/mol. The molecule has 0 aliphatic carbocycles. The molecule has 0 aromatic heterocycles. The number of carbonyl (C=O) groups excluding carboxylic acids is 1. The molecule has 0 aromatic carbocycles. The van der Waals surface area contributed by atoms with E-state index in [2.05, 4.69) is 24.3 Å². The molecule has 24 heavy (non-hydrogen) atoms. The van der Waals surface area contributed by atoms with E-state index in [1.807, 2.05) is 6.92 Å². The van der Waals surface area contributed by atoms with E-state index in [0.717, 1.165) is 25.7 Å². The van der Waals surface area contributed by atoms with Gasteiger partial charge in [-0.2, -0.15) is 0 Å². The van der Waals surface area contributed by atoms with E-state index in [-0.39, 0.29) is 19.2 Å². The van der Waals surface area contributed by atoms with Crippen molar-refractivity contribution < 1.29 is 19.7 Å². The molecule has 4 heteroatoms. The summed E-state index contributed by atoms with van der Waals surface area (Å²) in [6.07, 6.45) is 19.8. The lowest BCUT2D eigenvalue weighted by Gasteiger charge is -2.08. The first-order chi connectivity index (χ1) is 11.7. The first-order valence-electron chi connectivity index (χ1n) is 9.41. The van der Waals surface area contributed by atoms with Crippen molar-refractivity contribution in [1.29, 1.82) is 0 Å². The number of carbonyl (C=O) groups is 1. The highest BCUT2D eigenvalue weighted by Gasteiger charge is 2.07. The van der Waals surface area contributed by atoms with Gasteiger partial charge in [-0.05, 0) is 32.6 Å². The van der Waals surface area contributed by atoms with Crippen LogP contribution in [-0.4, -0.2) is 35.5 Å². The standard InChI is InChI=1S/C20H36O4/c1-2-3-4-5-6-7-8-9-10-11-12-13-14-15-16-20(23)24-18-19(22)17-21/h2-3,5-6,19,21-22H,4,7-18H2,1H3. The quantitative estimate of drug-likeness (QED) is 0.250. The van der Waals surface area contributed by atoms with Gasteiger partial charge in [-0.15, -0.1) is 0 Å². The van der Waals surface area contributed by atoms with Gasteiger partial charge in [0.15, 0.2) is 0 Å². The lowest BCUT2D eigenvalue weighted by Crippen LogP contribution is -2.21. The Balaban J connectivity index is 3.22. The summed E-state index contributed by atoms with van der Waals surface area (Å²) in [6.45, 7) is 1.56. The fourth-order valence-electron chi connectivity index (χ4n) is 2.33. The topological polar surface area (TPSA) is 66.8 Å². The third-order valence-corrected chi connectivity index (χ3v) is 3.82. The molecule has 0 amide bonds. The van der Waals surface area contributed by atoms with E-state index in [4.69, 9.17) is 14.9 Å². The summed E-state index contributed by atoms with van der Waals surface area (Å²) >= 11 is 0. The summed E-state index contributed by atoms with van der Waals surface area (Å²) in [7, 11) is 0. The molecule has 0 bridgehead atoms. The molecular formula is C20H36O4. The lowest BCUT2D eigenvalue weighted by molar-refractivity contribution is -0.147. The summed E-state index contributed by atoms with van der Waals surface area (Å²) in [5, 5.41) is 17.7. The average Bonchev–Trinajstić information content (AvgIpc) is 2.59. The minimum Gasteiger partial charge on any atom is -0.463 e. The van der Waals surface area contributed by atoms with E-state index >= 15 is 0 Å². The molecule has 1 atom stereocenters. The minimum atomic E-state index is -0.961. The first-order valence-corrected chi connectivity index (χ1v) is 9.41. The lowest BCUT2D eigenvalue weighted by atomic mass is 10.1. The number of hydrogen-bond acceptors (Lipinski definition) is 4. The van der Waals surface area contributed by atoms with Crippen molar-refractivity contribution in [2.75, 3.05) is 13.2 Å². The molecule has 0 spiro atoms. The Hall–Kier alpha value is -1.13. The van der Waals surface area contributed by atoms with Crippen LogP contribution in [0, 0.1) is 0 Å². The number of allylic oxidation sites excluding steroid dienone is 4. The number of rotatable bonds is 16. The van der Waals surface area contributed by atoms with Gasteiger partial charge in [0.2, 0.25) is 0 Å². The Kier molecular flexibility index (Phi) is 17.4. The molecule has 0 aliphatic rings. The maximum Gasteiger partial charge on any atom is 0.305 e. The fraction of sp³-hybridized carbons (Fsp3) is 0.750. The van der Waals surface area contributed by atoms with Crippen molar-refractivity contribution >= 4 is 5.97 Å². The van der Waals surface area contributed by atoms with Crippen LogP contribution in [0.25, 0.3) is 0 Å². The van der Waals surface area contributed by atoms with Crippen LogP contribution in [0.3, 0.4) is 0 Å². The zero-order valence-electron chi connectivity index (χ0n) is 15.3. The number of esters is 1. The van der Waals surface area contributed by atoms with Crippen molar-refractivity contribution in [1.82, 2.24) is 0 Å². The van der Waals surface area contributed by atoms with Gasteiger partial charge in [-0.1, -0.05) is 62.8 Å². The molecule has 0 saturated carbocycles. The maximum atomic E-state index is 11.4. The highest BCUT2D eigenvalue weighted by molar-refractivity contribution is 5.69. The van der Waals surface area contributed by atoms with Crippen LogP contribution in [0.2, 0.25) is 0 Å². The molecule has 0 aromatic rings. The summed E-state index contributed by atoms with van der Waals surface area (Å²) in [5.41, 5.74) is 0. The Labute approximate surface area is 147 Å². The van der Waals surface area contributed by atoms with Crippen molar-refractivity contribution in [2.45, 2.75) is 83.7 Å². The van der Waals surface area contributed by atoms with Gasteiger partial charge in [0.25, 0.3) is 0 Å². The van der Waals surface area contributed by atoms with E-state index in [0.29, 0.717) is 6.42 Å². The number of ether oxygens (including phenoxy) is 1. The summed E-state index contributed by atoms with van der Waals surface area (Å²) < 4.78 is 4.85. The van der Waals surface area contributed by atoms with Crippen LogP contribution in [0.5, 0.6) is 0 Å². The minimum absolute atomic E-state index is 0.111. The van der Waals surface area contributed by atoms with Gasteiger partial charge in [-0.3, -0.25) is 4.79 Å². The SMILES string of the molecule is CC=CCC=CCCCCCCCCCCC(=O)OCC(O)CO. The first kappa shape index (κ1) is 22.9. The molecule has 0 heterocycles. The molecular weight excluding hydrogens is 304 g/mol. The molecule has 0 aliphatic heterocycles. The van der Waals surface area contributed by atoms with Crippen molar-refractivity contribution in [3.63, 3.8) is 0 Å². The second kappa shape index (κ2) is 18.2. The van der Waals surface area contributed by atoms with Crippen LogP contribution >= 0.6 is 0 Å². The Morgan fingerprint density at radius 2 is 1.58 bits per heavy atom. The van der Waals surface area contributed by atoms with Crippen LogP contribution in [0.15, 0.2) is 24.3 Å². The largest absolute Gasteiger partial charge is 0.463 e. The van der Waals surface area contributed by atoms with Gasteiger partial charge in [0.1, 0.15) is 12.7 Å². The van der Waals surface area contributed by atoms with Gasteiger partial charge < -0.3 is 14.9 Å². The number of aliphatic hydroxyl groups is 2. The highest BCUT2D eigenvalue weighted by atomic mass is 16.5. The summed E-state index contributed by atoms with van der Waals surface area (Å²) in [6, 6.07) is 0. The van der Waals surface area contributed by atoms with Crippen LogP contribution < -0.4 is 0 Å². The molecule has 0 fully saturated rings. The van der Waals surface area contributed by atoms with Gasteiger partial charge in [0, 0.05) is 6.42 Å². The average molecular weight is 341 g/mol. The molecule has 0 rings (SSSR count). The molecule has 2 N–H and O–H groups in total. The van der Waals surface area contributed by atoms with Gasteiger partial charge in [0.05, 0.1) is 6.61 Å². The van der Waals surface area contributed by atoms with E-state index < -0.39 is 6.10 Å². The van der Waals surface area contributed by atoms with Gasteiger partial charge >= 0.3 is 5.97 Å². The summed E-state index contributed by atoms with van der Waals surface area (Å²) in [4.78, 5) is 11.4. The predicted octanol–water partition coefficient (Wildman–Crippen LogP) is 4.31. The zero-order valence-corrected chi connectivity index (χ0v) is 15.3. The number of aliphatic hydroxyl groups excluding tert-OH is 2. The van der Waals surface area contributed by atoms with Gasteiger partial charge in [-0.25, -0.2) is 0 Å². The van der Waals surface area contributed by atoms with E-state index in [9.17, 15) is 4.79 Å². The summed E-state index contributed by atoms with van der Waals surface area (Å²) in [5.74, 6) is -0.287. The van der Waals surface area contributed by atoms with Crippen LogP contribution in [0.1, 0.15) is 77.6 Å². The third-order valence-electron chi connectivity index (χ3n) is 3.82. The normalized spacial score (nSPS) is 13.0. The second-order valence-corrected chi connectivity index (χ2v) is 6.16. The van der Waals surface area contributed by atoms with E-state index in [1.165, 1.54) is 38.5 Å². The second-order valence-electron chi connectivity index (χ2n) is 6.16. The molecule has 0 radical (unpaired) electrons. The third kappa shape index (κ3) is 17.2. The van der Waals surface area contributed by atoms with Crippen LogP contribution in [0.4, 0.5) is 0 Å². The zero-order chi connectivity index (χ0) is 17.9.